The van der Waals surface area contributed by atoms with Crippen LogP contribution in [0.25, 0.3) is 0 Å². The summed E-state index contributed by atoms with van der Waals surface area (Å²) in [5.74, 6) is 2.45. The highest BCUT2D eigenvalue weighted by Crippen LogP contribution is 2.38. The van der Waals surface area contributed by atoms with Crippen LogP contribution in [0.3, 0.4) is 0 Å². The van der Waals surface area contributed by atoms with Crippen molar-refractivity contribution in [2.75, 3.05) is 19.3 Å². The second-order valence-corrected chi connectivity index (χ2v) is 7.62. The van der Waals surface area contributed by atoms with Crippen LogP contribution in [0.15, 0.2) is 4.52 Å². The SMILES string of the molecule is CS(=O)(=O)N1CCC(CCc2noc(C3CC3)n2)C1. The van der Waals surface area contributed by atoms with Crippen LogP contribution in [0.1, 0.15) is 43.3 Å². The third-order valence-corrected chi connectivity index (χ3v) is 5.17. The first-order valence-corrected chi connectivity index (χ1v) is 8.65. The molecule has 1 saturated carbocycles. The molecule has 1 saturated heterocycles. The van der Waals surface area contributed by atoms with Crippen LogP contribution < -0.4 is 0 Å². The van der Waals surface area contributed by atoms with E-state index in [1.807, 2.05) is 0 Å². The van der Waals surface area contributed by atoms with Gasteiger partial charge in [0.1, 0.15) is 0 Å². The van der Waals surface area contributed by atoms with E-state index in [4.69, 9.17) is 4.52 Å². The van der Waals surface area contributed by atoms with Crippen molar-refractivity contribution in [1.29, 1.82) is 0 Å². The summed E-state index contributed by atoms with van der Waals surface area (Å²) in [4.78, 5) is 4.39. The molecular formula is C12H19N3O3S. The van der Waals surface area contributed by atoms with E-state index in [0.717, 1.165) is 43.8 Å². The van der Waals surface area contributed by atoms with Gasteiger partial charge in [-0.3, -0.25) is 0 Å². The molecule has 106 valence electrons. The fraction of sp³-hybridized carbons (Fsp3) is 0.833. The first-order valence-electron chi connectivity index (χ1n) is 6.80. The maximum absolute atomic E-state index is 11.4. The molecule has 2 heterocycles. The Labute approximate surface area is 113 Å². The first-order chi connectivity index (χ1) is 9.02. The zero-order valence-corrected chi connectivity index (χ0v) is 11.9. The Morgan fingerprint density at radius 2 is 2.16 bits per heavy atom. The van der Waals surface area contributed by atoms with Gasteiger partial charge in [0.05, 0.1) is 6.26 Å². The molecule has 1 aromatic rings. The molecule has 1 aromatic heterocycles. The van der Waals surface area contributed by atoms with Crippen molar-refractivity contribution in [3.63, 3.8) is 0 Å². The number of rotatable bonds is 5. The van der Waals surface area contributed by atoms with Gasteiger partial charge in [0, 0.05) is 25.4 Å². The van der Waals surface area contributed by atoms with Gasteiger partial charge in [0.2, 0.25) is 15.9 Å². The molecule has 1 aliphatic carbocycles. The van der Waals surface area contributed by atoms with E-state index in [1.165, 1.54) is 6.26 Å². The monoisotopic (exact) mass is 285 g/mol. The standard InChI is InChI=1S/C12H19N3O3S/c1-19(16,17)15-7-6-9(8-15)2-5-11-13-12(18-14-11)10-3-4-10/h9-10H,2-8H2,1H3. The Bertz CT molecular complexity index is 550. The van der Waals surface area contributed by atoms with E-state index in [1.54, 1.807) is 4.31 Å². The lowest BCUT2D eigenvalue weighted by Gasteiger charge is -2.12. The van der Waals surface area contributed by atoms with E-state index in [-0.39, 0.29) is 0 Å². The van der Waals surface area contributed by atoms with Crippen molar-refractivity contribution < 1.29 is 12.9 Å². The number of hydrogen-bond donors (Lipinski definition) is 0. The lowest BCUT2D eigenvalue weighted by atomic mass is 10.0. The lowest BCUT2D eigenvalue weighted by molar-refractivity contribution is 0.371. The predicted octanol–water partition coefficient (Wildman–Crippen LogP) is 1.16. The molecule has 19 heavy (non-hydrogen) atoms. The molecule has 2 aliphatic rings. The Kier molecular flexibility index (Phi) is 3.34. The van der Waals surface area contributed by atoms with Gasteiger partial charge in [-0.25, -0.2) is 12.7 Å². The van der Waals surface area contributed by atoms with Gasteiger partial charge in [-0.2, -0.15) is 4.98 Å². The summed E-state index contributed by atoms with van der Waals surface area (Å²) in [5, 5.41) is 3.99. The van der Waals surface area contributed by atoms with E-state index < -0.39 is 10.0 Å². The molecule has 0 spiro atoms. The van der Waals surface area contributed by atoms with Crippen molar-refractivity contribution in [3.8, 4) is 0 Å². The minimum atomic E-state index is -3.03. The normalized spacial score (nSPS) is 25.0. The number of nitrogens with zero attached hydrogens (tertiary/aromatic N) is 3. The summed E-state index contributed by atoms with van der Waals surface area (Å²) in [6.07, 6.45) is 6.23. The number of aryl methyl sites for hydroxylation is 1. The van der Waals surface area contributed by atoms with Crippen molar-refractivity contribution in [3.05, 3.63) is 11.7 Å². The Balaban J connectivity index is 1.49. The second-order valence-electron chi connectivity index (χ2n) is 5.64. The second kappa shape index (κ2) is 4.86. The third-order valence-electron chi connectivity index (χ3n) is 3.90. The first kappa shape index (κ1) is 13.1. The smallest absolute Gasteiger partial charge is 0.229 e. The van der Waals surface area contributed by atoms with Gasteiger partial charge < -0.3 is 4.52 Å². The van der Waals surface area contributed by atoms with Crippen LogP contribution in [0, 0.1) is 5.92 Å². The maximum atomic E-state index is 11.4. The zero-order chi connectivity index (χ0) is 13.5. The molecule has 0 amide bonds. The maximum Gasteiger partial charge on any atom is 0.229 e. The molecule has 0 aromatic carbocycles. The molecular weight excluding hydrogens is 266 g/mol. The van der Waals surface area contributed by atoms with E-state index >= 15 is 0 Å². The zero-order valence-electron chi connectivity index (χ0n) is 11.1. The summed E-state index contributed by atoms with van der Waals surface area (Å²) < 4.78 is 29.6. The van der Waals surface area contributed by atoms with Crippen LogP contribution in [-0.2, 0) is 16.4 Å². The van der Waals surface area contributed by atoms with Crippen LogP contribution >= 0.6 is 0 Å². The van der Waals surface area contributed by atoms with Gasteiger partial charge in [0.25, 0.3) is 0 Å². The minimum absolute atomic E-state index is 0.414. The number of hydrogen-bond acceptors (Lipinski definition) is 5. The largest absolute Gasteiger partial charge is 0.339 e. The molecule has 1 atom stereocenters. The Morgan fingerprint density at radius 3 is 2.79 bits per heavy atom. The van der Waals surface area contributed by atoms with E-state index in [9.17, 15) is 8.42 Å². The summed E-state index contributed by atoms with van der Waals surface area (Å²) in [6.45, 7) is 1.27. The summed E-state index contributed by atoms with van der Waals surface area (Å²) >= 11 is 0. The van der Waals surface area contributed by atoms with Crippen LogP contribution in [0.4, 0.5) is 0 Å². The average molecular weight is 285 g/mol. The highest BCUT2D eigenvalue weighted by Gasteiger charge is 2.31. The highest BCUT2D eigenvalue weighted by molar-refractivity contribution is 7.88. The van der Waals surface area contributed by atoms with Crippen molar-refractivity contribution in [2.24, 2.45) is 5.92 Å². The minimum Gasteiger partial charge on any atom is -0.339 e. The molecule has 1 unspecified atom stereocenters. The van der Waals surface area contributed by atoms with Gasteiger partial charge in [-0.05, 0) is 31.6 Å². The van der Waals surface area contributed by atoms with E-state index in [2.05, 4.69) is 10.1 Å². The highest BCUT2D eigenvalue weighted by atomic mass is 32.2. The quantitative estimate of drug-likeness (QED) is 0.811. The molecule has 7 heteroatoms. The van der Waals surface area contributed by atoms with Crippen LogP contribution in [0.5, 0.6) is 0 Å². The van der Waals surface area contributed by atoms with Gasteiger partial charge in [-0.1, -0.05) is 5.16 Å². The summed E-state index contributed by atoms with van der Waals surface area (Å²) in [5.41, 5.74) is 0. The predicted molar refractivity (Wildman–Crippen MR) is 69.1 cm³/mol. The fourth-order valence-electron chi connectivity index (χ4n) is 2.53. The van der Waals surface area contributed by atoms with Gasteiger partial charge in [-0.15, -0.1) is 0 Å². The molecule has 0 bridgehead atoms. The van der Waals surface area contributed by atoms with Crippen molar-refractivity contribution in [1.82, 2.24) is 14.4 Å². The topological polar surface area (TPSA) is 76.3 Å². The molecule has 0 N–H and O–H groups in total. The van der Waals surface area contributed by atoms with Gasteiger partial charge >= 0.3 is 0 Å². The number of sulfonamides is 1. The van der Waals surface area contributed by atoms with Gasteiger partial charge in [0.15, 0.2) is 5.82 Å². The Morgan fingerprint density at radius 1 is 1.37 bits per heavy atom. The third kappa shape index (κ3) is 3.14. The molecule has 3 rings (SSSR count). The van der Waals surface area contributed by atoms with Crippen molar-refractivity contribution in [2.45, 2.75) is 38.0 Å². The van der Waals surface area contributed by atoms with Crippen molar-refractivity contribution >= 4 is 10.0 Å². The molecule has 6 nitrogen and oxygen atoms in total. The average Bonchev–Trinajstić information content (AvgIpc) is 2.91. The summed E-state index contributed by atoms with van der Waals surface area (Å²) in [6, 6.07) is 0. The van der Waals surface area contributed by atoms with E-state index in [0.29, 0.717) is 24.9 Å². The fourth-order valence-corrected chi connectivity index (χ4v) is 3.45. The molecule has 0 radical (unpaired) electrons. The molecule has 2 fully saturated rings. The molecule has 1 aliphatic heterocycles. The summed E-state index contributed by atoms with van der Waals surface area (Å²) in [7, 11) is -3.03. The number of aromatic nitrogens is 2. The van der Waals surface area contributed by atoms with Crippen LogP contribution in [0.2, 0.25) is 0 Å². The van der Waals surface area contributed by atoms with Crippen LogP contribution in [-0.4, -0.2) is 42.2 Å². The lowest BCUT2D eigenvalue weighted by Crippen LogP contribution is -2.27. The Hall–Kier alpha value is -0.950.